The van der Waals surface area contributed by atoms with E-state index in [4.69, 9.17) is 5.26 Å². The number of unbranched alkanes of at least 4 members (excludes halogenated alkanes) is 1. The summed E-state index contributed by atoms with van der Waals surface area (Å²) in [7, 11) is 0. The van der Waals surface area contributed by atoms with Crippen molar-refractivity contribution in [1.29, 1.82) is 5.26 Å². The van der Waals surface area contributed by atoms with Crippen molar-refractivity contribution < 1.29 is 14.0 Å². The highest BCUT2D eigenvalue weighted by Gasteiger charge is 2.08. The van der Waals surface area contributed by atoms with Crippen molar-refractivity contribution in [2.75, 3.05) is 6.54 Å². The first-order chi connectivity index (χ1) is 9.04. The molecule has 0 heterocycles. The normalized spacial score (nSPS) is 9.74. The molecule has 0 saturated heterocycles. The molecule has 1 aromatic rings. The SMILES string of the molecule is CC(=O)CCCCNC(=O)c1ccc([19F])c(C#N)c1. The lowest BCUT2D eigenvalue weighted by molar-refractivity contribution is -0.117. The summed E-state index contributed by atoms with van der Waals surface area (Å²) in [4.78, 5) is 22.4. The van der Waals surface area contributed by atoms with Gasteiger partial charge in [-0.25, -0.2) is 4.39 Å². The van der Waals surface area contributed by atoms with Crippen molar-refractivity contribution in [3.8, 4) is 6.07 Å². The van der Waals surface area contributed by atoms with E-state index in [0.717, 1.165) is 12.5 Å². The van der Waals surface area contributed by atoms with Crippen LogP contribution in [0.2, 0.25) is 0 Å². The zero-order chi connectivity index (χ0) is 14.3. The number of halogens is 1. The van der Waals surface area contributed by atoms with E-state index in [2.05, 4.69) is 5.32 Å². The van der Waals surface area contributed by atoms with Crippen LogP contribution in [0.15, 0.2) is 18.2 Å². The van der Waals surface area contributed by atoms with Gasteiger partial charge in [0.25, 0.3) is 5.91 Å². The number of rotatable bonds is 6. The zero-order valence-electron chi connectivity index (χ0n) is 10.7. The smallest absolute Gasteiger partial charge is 0.251 e. The third kappa shape index (κ3) is 4.88. The zero-order valence-corrected chi connectivity index (χ0v) is 10.7. The molecule has 0 atom stereocenters. The van der Waals surface area contributed by atoms with Gasteiger partial charge in [-0.2, -0.15) is 5.26 Å². The Hall–Kier alpha value is -2.22. The Morgan fingerprint density at radius 3 is 2.74 bits per heavy atom. The molecule has 5 heteroatoms. The minimum atomic E-state index is -0.638. The van der Waals surface area contributed by atoms with Crippen molar-refractivity contribution in [3.63, 3.8) is 0 Å². The van der Waals surface area contributed by atoms with Crippen molar-refractivity contribution in [2.45, 2.75) is 26.2 Å². The Balaban J connectivity index is 2.46. The van der Waals surface area contributed by atoms with E-state index in [1.54, 1.807) is 6.07 Å². The first-order valence-electron chi connectivity index (χ1n) is 6.02. The van der Waals surface area contributed by atoms with Crippen molar-refractivity contribution in [1.82, 2.24) is 5.32 Å². The van der Waals surface area contributed by atoms with Gasteiger partial charge in [-0.1, -0.05) is 0 Å². The molecule has 0 bridgehead atoms. The van der Waals surface area contributed by atoms with Crippen LogP contribution in [0.5, 0.6) is 0 Å². The Morgan fingerprint density at radius 2 is 2.11 bits per heavy atom. The van der Waals surface area contributed by atoms with Gasteiger partial charge >= 0.3 is 0 Å². The number of nitrogens with one attached hydrogen (secondary N) is 1. The molecule has 0 fully saturated rings. The number of carbonyl (C=O) groups is 2. The fraction of sp³-hybridized carbons (Fsp3) is 0.357. The highest BCUT2D eigenvalue weighted by molar-refractivity contribution is 5.94. The van der Waals surface area contributed by atoms with Gasteiger partial charge in [0.2, 0.25) is 0 Å². The first kappa shape index (κ1) is 14.8. The third-order valence-corrected chi connectivity index (χ3v) is 2.59. The molecular weight excluding hydrogens is 247 g/mol. The number of nitrogens with zero attached hydrogens (tertiary/aromatic N) is 1. The minimum Gasteiger partial charge on any atom is -0.352 e. The van der Waals surface area contributed by atoms with Gasteiger partial charge in [0, 0.05) is 18.5 Å². The van der Waals surface area contributed by atoms with E-state index in [1.165, 1.54) is 19.1 Å². The summed E-state index contributed by atoms with van der Waals surface area (Å²) >= 11 is 0. The fourth-order valence-corrected chi connectivity index (χ4v) is 1.56. The molecule has 1 N–H and O–H groups in total. The summed E-state index contributed by atoms with van der Waals surface area (Å²) in [6, 6.07) is 5.34. The van der Waals surface area contributed by atoms with Crippen molar-refractivity contribution in [2.24, 2.45) is 0 Å². The standard InChI is InChI=1S/C14H15FN2O2/c1-10(18)4-2-3-7-17-14(19)11-5-6-13(15)12(8-11)9-16/h5-6,8H,2-4,7H2,1H3,(H,17,19)/i15+0. The second kappa shape index (κ2) is 7.27. The van der Waals surface area contributed by atoms with E-state index in [0.29, 0.717) is 19.4 Å². The summed E-state index contributed by atoms with van der Waals surface area (Å²) < 4.78 is 13.1. The minimum absolute atomic E-state index is 0.128. The van der Waals surface area contributed by atoms with Gasteiger partial charge < -0.3 is 10.1 Å². The number of carbonyl (C=O) groups excluding carboxylic acids is 2. The van der Waals surface area contributed by atoms with Crippen LogP contribution < -0.4 is 5.32 Å². The predicted molar refractivity (Wildman–Crippen MR) is 68.0 cm³/mol. The molecule has 1 aromatic carbocycles. The van der Waals surface area contributed by atoms with Crippen LogP contribution in [0, 0.1) is 17.1 Å². The van der Waals surface area contributed by atoms with Crippen molar-refractivity contribution >= 4 is 11.7 Å². The molecule has 0 aromatic heterocycles. The summed E-state index contributed by atoms with van der Waals surface area (Å²) in [5.41, 5.74) is 0.105. The predicted octanol–water partition coefficient (Wildman–Crippen LogP) is 2.19. The molecule has 1 amide bonds. The van der Waals surface area contributed by atoms with Crippen molar-refractivity contribution in [3.05, 3.63) is 35.1 Å². The Bertz CT molecular complexity index is 521. The fourth-order valence-electron chi connectivity index (χ4n) is 1.56. The van der Waals surface area contributed by atoms with Crippen LogP contribution in [0.3, 0.4) is 0 Å². The molecule has 0 aliphatic carbocycles. The molecule has 4 nitrogen and oxygen atoms in total. The summed E-state index contributed by atoms with van der Waals surface area (Å²) in [6.45, 7) is 1.98. The molecule has 1 rings (SSSR count). The number of amides is 1. The van der Waals surface area contributed by atoms with Gasteiger partial charge in [-0.05, 0) is 38.0 Å². The Kier molecular flexibility index (Phi) is 5.68. The Morgan fingerprint density at radius 1 is 1.37 bits per heavy atom. The largest absolute Gasteiger partial charge is 0.352 e. The lowest BCUT2D eigenvalue weighted by Crippen LogP contribution is -2.24. The molecule has 0 saturated carbocycles. The van der Waals surface area contributed by atoms with Crippen LogP contribution >= 0.6 is 0 Å². The second-order valence-electron chi connectivity index (χ2n) is 4.22. The molecule has 0 unspecified atom stereocenters. The van der Waals surface area contributed by atoms with Gasteiger partial charge in [0.05, 0.1) is 5.56 Å². The van der Waals surface area contributed by atoms with Crippen LogP contribution in [-0.2, 0) is 4.79 Å². The molecule has 19 heavy (non-hydrogen) atoms. The number of hydrogen-bond acceptors (Lipinski definition) is 3. The maximum Gasteiger partial charge on any atom is 0.251 e. The monoisotopic (exact) mass is 262 g/mol. The van der Waals surface area contributed by atoms with Crippen LogP contribution in [0.25, 0.3) is 0 Å². The average Bonchev–Trinajstić information content (AvgIpc) is 2.38. The highest BCUT2D eigenvalue weighted by atomic mass is 19.1. The number of ketones is 1. The molecular formula is C14H15FN2O2. The average molecular weight is 262 g/mol. The molecule has 100 valence electrons. The lowest BCUT2D eigenvalue weighted by atomic mass is 10.1. The van der Waals surface area contributed by atoms with E-state index in [-0.39, 0.29) is 22.8 Å². The quantitative estimate of drug-likeness (QED) is 0.799. The van der Waals surface area contributed by atoms with E-state index in [1.807, 2.05) is 0 Å². The van der Waals surface area contributed by atoms with Crippen LogP contribution in [0.4, 0.5) is 4.39 Å². The lowest BCUT2D eigenvalue weighted by Gasteiger charge is -2.05. The number of nitriles is 1. The first-order valence-corrected chi connectivity index (χ1v) is 6.02. The third-order valence-electron chi connectivity index (χ3n) is 2.59. The van der Waals surface area contributed by atoms with E-state index < -0.39 is 5.82 Å². The second-order valence-corrected chi connectivity index (χ2v) is 4.22. The molecule has 0 aliphatic heterocycles. The molecule has 0 spiro atoms. The maximum atomic E-state index is 13.1. The summed E-state index contributed by atoms with van der Waals surface area (Å²) in [5.74, 6) is -0.858. The molecule has 0 radical (unpaired) electrons. The highest BCUT2D eigenvalue weighted by Crippen LogP contribution is 2.09. The maximum absolute atomic E-state index is 13.1. The van der Waals surface area contributed by atoms with E-state index in [9.17, 15) is 14.0 Å². The van der Waals surface area contributed by atoms with Gasteiger partial charge in [0.15, 0.2) is 0 Å². The Labute approximate surface area is 111 Å². The van der Waals surface area contributed by atoms with E-state index >= 15 is 0 Å². The number of hydrogen-bond donors (Lipinski definition) is 1. The summed E-state index contributed by atoms with van der Waals surface area (Å²) in [5, 5.41) is 11.3. The molecule has 0 aliphatic rings. The van der Waals surface area contributed by atoms with Gasteiger partial charge in [-0.3, -0.25) is 4.79 Å². The number of Topliss-reactive ketones (excluding diaryl/α,β-unsaturated/α-hetero) is 1. The van der Waals surface area contributed by atoms with Crippen LogP contribution in [0.1, 0.15) is 42.1 Å². The van der Waals surface area contributed by atoms with Gasteiger partial charge in [0.1, 0.15) is 17.7 Å². The summed E-state index contributed by atoms with van der Waals surface area (Å²) in [6.07, 6.45) is 1.94. The number of benzene rings is 1. The van der Waals surface area contributed by atoms with Crippen LogP contribution in [-0.4, -0.2) is 18.2 Å². The topological polar surface area (TPSA) is 70.0 Å². The van der Waals surface area contributed by atoms with Gasteiger partial charge in [-0.15, -0.1) is 0 Å².